The Morgan fingerprint density at radius 3 is 2.58 bits per heavy atom. The standard InChI is InChI=1S/C13H27N3O.2ClH/c1-4-16-7-5-6-11(16)9-15-13(17)12(14)8-10(2)3;;/h10-12H,4-9,14H2,1-3H3,(H,15,17);2*1H/t11?,12-;;/m0../s1. The molecule has 3 N–H and O–H groups in total. The van der Waals surface area contributed by atoms with Crippen molar-refractivity contribution < 1.29 is 4.79 Å². The zero-order valence-electron chi connectivity index (χ0n) is 12.2. The third-order valence-electron chi connectivity index (χ3n) is 3.48. The van der Waals surface area contributed by atoms with Crippen molar-refractivity contribution in [2.45, 2.75) is 52.1 Å². The molecule has 2 atom stereocenters. The first-order valence-corrected chi connectivity index (χ1v) is 6.82. The van der Waals surface area contributed by atoms with E-state index in [-0.39, 0.29) is 36.8 Å². The van der Waals surface area contributed by atoms with Crippen molar-refractivity contribution in [1.29, 1.82) is 0 Å². The topological polar surface area (TPSA) is 58.4 Å². The van der Waals surface area contributed by atoms with E-state index in [1.165, 1.54) is 12.8 Å². The Kier molecular flexibility index (Phi) is 12.0. The van der Waals surface area contributed by atoms with E-state index in [0.717, 1.165) is 26.1 Å². The van der Waals surface area contributed by atoms with Crippen molar-refractivity contribution in [1.82, 2.24) is 10.2 Å². The van der Waals surface area contributed by atoms with Gasteiger partial charge in [0.25, 0.3) is 0 Å². The van der Waals surface area contributed by atoms with Gasteiger partial charge in [-0.25, -0.2) is 0 Å². The number of hydrogen-bond donors (Lipinski definition) is 2. The lowest BCUT2D eigenvalue weighted by Crippen LogP contribution is -2.46. The molecule has 0 saturated carbocycles. The average molecular weight is 314 g/mol. The predicted molar refractivity (Wildman–Crippen MR) is 85.2 cm³/mol. The number of amides is 1. The molecule has 4 nitrogen and oxygen atoms in total. The number of likely N-dealkylation sites (N-methyl/N-ethyl adjacent to an activating group) is 1. The molecule has 6 heteroatoms. The van der Waals surface area contributed by atoms with Gasteiger partial charge >= 0.3 is 0 Å². The van der Waals surface area contributed by atoms with Gasteiger partial charge in [-0.1, -0.05) is 20.8 Å². The molecule has 116 valence electrons. The largest absolute Gasteiger partial charge is 0.353 e. The average Bonchev–Trinajstić information content (AvgIpc) is 2.72. The Morgan fingerprint density at radius 1 is 1.42 bits per heavy atom. The summed E-state index contributed by atoms with van der Waals surface area (Å²) in [7, 11) is 0. The lowest BCUT2D eigenvalue weighted by molar-refractivity contribution is -0.122. The quantitative estimate of drug-likeness (QED) is 0.786. The SMILES string of the molecule is CCN1CCCC1CNC(=O)[C@@H](N)CC(C)C.Cl.Cl. The third-order valence-corrected chi connectivity index (χ3v) is 3.48. The molecule has 1 rings (SSSR count). The van der Waals surface area contributed by atoms with E-state index < -0.39 is 0 Å². The Morgan fingerprint density at radius 2 is 2.05 bits per heavy atom. The Balaban J connectivity index is 0. The van der Waals surface area contributed by atoms with Gasteiger partial charge in [0.2, 0.25) is 5.91 Å². The van der Waals surface area contributed by atoms with Gasteiger partial charge in [-0.05, 0) is 38.3 Å². The zero-order chi connectivity index (χ0) is 12.8. The number of rotatable bonds is 6. The van der Waals surface area contributed by atoms with Crippen LogP contribution >= 0.6 is 24.8 Å². The van der Waals surface area contributed by atoms with Crippen LogP contribution in [-0.2, 0) is 4.79 Å². The number of likely N-dealkylation sites (tertiary alicyclic amines) is 1. The van der Waals surface area contributed by atoms with Crippen LogP contribution in [0.4, 0.5) is 0 Å². The monoisotopic (exact) mass is 313 g/mol. The minimum atomic E-state index is -0.355. The van der Waals surface area contributed by atoms with Gasteiger partial charge in [0.05, 0.1) is 6.04 Å². The predicted octanol–water partition coefficient (Wildman–Crippen LogP) is 1.80. The van der Waals surface area contributed by atoms with Crippen LogP contribution in [-0.4, -0.2) is 42.5 Å². The van der Waals surface area contributed by atoms with E-state index in [1.807, 2.05) is 0 Å². The lowest BCUT2D eigenvalue weighted by Gasteiger charge is -2.23. The molecule has 1 heterocycles. The molecule has 1 amide bonds. The van der Waals surface area contributed by atoms with E-state index in [2.05, 4.69) is 31.0 Å². The summed E-state index contributed by atoms with van der Waals surface area (Å²) >= 11 is 0. The molecule has 0 aliphatic carbocycles. The summed E-state index contributed by atoms with van der Waals surface area (Å²) in [4.78, 5) is 14.2. The first-order chi connectivity index (χ1) is 8.04. The highest BCUT2D eigenvalue weighted by Crippen LogP contribution is 2.15. The molecule has 0 spiro atoms. The second-order valence-corrected chi connectivity index (χ2v) is 5.41. The first-order valence-electron chi connectivity index (χ1n) is 6.82. The molecular weight excluding hydrogens is 285 g/mol. The molecule has 1 fully saturated rings. The van der Waals surface area contributed by atoms with E-state index in [1.54, 1.807) is 0 Å². The molecule has 0 aromatic rings. The molecule has 0 radical (unpaired) electrons. The van der Waals surface area contributed by atoms with Crippen LogP contribution < -0.4 is 11.1 Å². The number of nitrogens with one attached hydrogen (secondary N) is 1. The highest BCUT2D eigenvalue weighted by molar-refractivity contribution is 5.85. The van der Waals surface area contributed by atoms with Crippen LogP contribution in [0.15, 0.2) is 0 Å². The molecule has 1 aliphatic heterocycles. The lowest BCUT2D eigenvalue weighted by atomic mass is 10.0. The van der Waals surface area contributed by atoms with E-state index >= 15 is 0 Å². The number of halogens is 2. The van der Waals surface area contributed by atoms with Crippen molar-refractivity contribution in [3.63, 3.8) is 0 Å². The van der Waals surface area contributed by atoms with Crippen LogP contribution in [0.2, 0.25) is 0 Å². The number of carbonyl (C=O) groups is 1. The van der Waals surface area contributed by atoms with Crippen molar-refractivity contribution in [3.05, 3.63) is 0 Å². The van der Waals surface area contributed by atoms with Crippen LogP contribution in [0.25, 0.3) is 0 Å². The maximum absolute atomic E-state index is 11.8. The molecule has 1 unspecified atom stereocenters. The summed E-state index contributed by atoms with van der Waals surface area (Å²) < 4.78 is 0. The number of carbonyl (C=O) groups excluding carboxylic acids is 1. The number of hydrogen-bond acceptors (Lipinski definition) is 3. The highest BCUT2D eigenvalue weighted by Gasteiger charge is 2.24. The van der Waals surface area contributed by atoms with Crippen LogP contribution in [0, 0.1) is 5.92 Å². The second kappa shape index (κ2) is 10.7. The van der Waals surface area contributed by atoms with Crippen molar-refractivity contribution in [2.24, 2.45) is 11.7 Å². The van der Waals surface area contributed by atoms with Crippen molar-refractivity contribution in [2.75, 3.05) is 19.6 Å². The van der Waals surface area contributed by atoms with Gasteiger partial charge in [0, 0.05) is 12.6 Å². The summed E-state index contributed by atoms with van der Waals surface area (Å²) in [6.07, 6.45) is 3.19. The zero-order valence-corrected chi connectivity index (χ0v) is 13.9. The second-order valence-electron chi connectivity index (χ2n) is 5.41. The molecule has 0 aromatic carbocycles. The van der Waals surface area contributed by atoms with Gasteiger partial charge in [-0.2, -0.15) is 0 Å². The fraction of sp³-hybridized carbons (Fsp3) is 0.923. The van der Waals surface area contributed by atoms with Gasteiger partial charge < -0.3 is 11.1 Å². The Hall–Kier alpha value is -0.0300. The molecule has 0 bridgehead atoms. The van der Waals surface area contributed by atoms with Gasteiger partial charge in [-0.15, -0.1) is 24.8 Å². The Labute approximate surface area is 129 Å². The van der Waals surface area contributed by atoms with Crippen LogP contribution in [0.5, 0.6) is 0 Å². The molecule has 1 aliphatic rings. The van der Waals surface area contributed by atoms with Crippen molar-refractivity contribution >= 4 is 30.7 Å². The first kappa shape index (κ1) is 21.3. The summed E-state index contributed by atoms with van der Waals surface area (Å²) in [6.45, 7) is 9.32. The number of nitrogens with zero attached hydrogens (tertiary/aromatic N) is 1. The molecule has 0 aromatic heterocycles. The smallest absolute Gasteiger partial charge is 0.236 e. The molecule has 19 heavy (non-hydrogen) atoms. The summed E-state index contributed by atoms with van der Waals surface area (Å²) in [5.41, 5.74) is 5.84. The number of nitrogens with two attached hydrogens (primary N) is 1. The van der Waals surface area contributed by atoms with Gasteiger partial charge in [0.1, 0.15) is 0 Å². The maximum Gasteiger partial charge on any atom is 0.236 e. The van der Waals surface area contributed by atoms with Crippen LogP contribution in [0.3, 0.4) is 0 Å². The van der Waals surface area contributed by atoms with Gasteiger partial charge in [0.15, 0.2) is 0 Å². The van der Waals surface area contributed by atoms with Gasteiger partial charge in [-0.3, -0.25) is 9.69 Å². The summed E-state index contributed by atoms with van der Waals surface area (Å²) in [6, 6.07) is 0.154. The van der Waals surface area contributed by atoms with E-state index in [0.29, 0.717) is 12.0 Å². The highest BCUT2D eigenvalue weighted by atomic mass is 35.5. The summed E-state index contributed by atoms with van der Waals surface area (Å²) in [5, 5.41) is 2.99. The maximum atomic E-state index is 11.8. The minimum Gasteiger partial charge on any atom is -0.353 e. The van der Waals surface area contributed by atoms with Crippen LogP contribution in [0.1, 0.15) is 40.0 Å². The summed E-state index contributed by atoms with van der Waals surface area (Å²) in [5.74, 6) is 0.469. The normalized spacial score (nSPS) is 20.6. The fourth-order valence-electron chi connectivity index (χ4n) is 2.51. The molecular formula is C13H29Cl2N3O. The third kappa shape index (κ3) is 7.35. The minimum absolute atomic E-state index is 0. The fourth-order valence-corrected chi connectivity index (χ4v) is 2.51. The molecule has 1 saturated heterocycles. The Bertz CT molecular complexity index is 252. The van der Waals surface area contributed by atoms with E-state index in [4.69, 9.17) is 5.73 Å². The van der Waals surface area contributed by atoms with Crippen molar-refractivity contribution in [3.8, 4) is 0 Å². The van der Waals surface area contributed by atoms with E-state index in [9.17, 15) is 4.79 Å².